The van der Waals surface area contributed by atoms with Crippen LogP contribution < -0.4 is 10.6 Å². The highest BCUT2D eigenvalue weighted by Gasteiger charge is 2.11. The Labute approximate surface area is 125 Å². The fraction of sp³-hybridized carbons (Fsp3) is 0.375. The number of anilines is 1. The Kier molecular flexibility index (Phi) is 4.62. The highest BCUT2D eigenvalue weighted by atomic mass is 16.1. The van der Waals surface area contributed by atoms with Crippen LogP contribution in [-0.2, 0) is 18.3 Å². The maximum atomic E-state index is 11.3. The predicted octanol–water partition coefficient (Wildman–Crippen LogP) is 2.19. The Morgan fingerprint density at radius 3 is 2.52 bits per heavy atom. The van der Waals surface area contributed by atoms with Crippen LogP contribution in [0.3, 0.4) is 0 Å². The number of aryl methyl sites for hydroxylation is 2. The van der Waals surface area contributed by atoms with Gasteiger partial charge in [0.2, 0.25) is 5.91 Å². The van der Waals surface area contributed by atoms with Gasteiger partial charge in [-0.2, -0.15) is 5.10 Å². The lowest BCUT2D eigenvalue weighted by atomic mass is 10.1. The minimum absolute atomic E-state index is 0.0232. The first kappa shape index (κ1) is 15.1. The monoisotopic (exact) mass is 286 g/mol. The maximum absolute atomic E-state index is 11.3. The summed E-state index contributed by atoms with van der Waals surface area (Å²) in [7, 11) is 3.58. The van der Waals surface area contributed by atoms with Crippen LogP contribution in [0, 0.1) is 6.92 Å². The number of hydrogen-bond acceptors (Lipinski definition) is 3. The fourth-order valence-corrected chi connectivity index (χ4v) is 2.36. The summed E-state index contributed by atoms with van der Waals surface area (Å²) in [5.74, 6) is 0.0232. The molecule has 112 valence electrons. The molecule has 2 N–H and O–H groups in total. The highest BCUT2D eigenvalue weighted by Crippen LogP contribution is 2.21. The average molecular weight is 286 g/mol. The second kappa shape index (κ2) is 6.43. The Balaban J connectivity index is 2.03. The molecule has 0 radical (unpaired) electrons. The largest absolute Gasteiger partial charge is 0.378 e. The van der Waals surface area contributed by atoms with Crippen molar-refractivity contribution in [3.8, 4) is 0 Å². The number of nitrogens with one attached hydrogen (secondary N) is 2. The van der Waals surface area contributed by atoms with Gasteiger partial charge in [-0.25, -0.2) is 0 Å². The van der Waals surface area contributed by atoms with Gasteiger partial charge in [0.25, 0.3) is 0 Å². The molecule has 0 saturated heterocycles. The summed E-state index contributed by atoms with van der Waals surface area (Å²) in [5, 5.41) is 10.4. The standard InChI is InChI=1S/C16H22N4O/c1-11(15-10-20(4)19-12(15)2)18-14-7-5-13(6-8-14)9-16(21)17-3/h5-8,10-11,18H,9H2,1-4H3,(H,17,21). The van der Waals surface area contributed by atoms with Crippen molar-refractivity contribution in [1.82, 2.24) is 15.1 Å². The van der Waals surface area contributed by atoms with Gasteiger partial charge in [-0.05, 0) is 31.5 Å². The Hall–Kier alpha value is -2.30. The molecule has 21 heavy (non-hydrogen) atoms. The Bertz CT molecular complexity index is 616. The van der Waals surface area contributed by atoms with Crippen molar-refractivity contribution >= 4 is 11.6 Å². The number of rotatable bonds is 5. The third kappa shape index (κ3) is 3.84. The van der Waals surface area contributed by atoms with E-state index in [2.05, 4.69) is 22.7 Å². The molecular formula is C16H22N4O. The van der Waals surface area contributed by atoms with E-state index >= 15 is 0 Å². The molecule has 2 aromatic rings. The topological polar surface area (TPSA) is 59.0 Å². The molecule has 1 aromatic heterocycles. The van der Waals surface area contributed by atoms with Gasteiger partial charge in [-0.3, -0.25) is 9.48 Å². The molecule has 1 amide bonds. The van der Waals surface area contributed by atoms with Gasteiger partial charge in [0, 0.05) is 31.5 Å². The van der Waals surface area contributed by atoms with Crippen molar-refractivity contribution in [3.05, 3.63) is 47.3 Å². The molecule has 0 aliphatic heterocycles. The molecule has 2 rings (SSSR count). The van der Waals surface area contributed by atoms with E-state index < -0.39 is 0 Å². The second-order valence-corrected chi connectivity index (χ2v) is 5.26. The summed E-state index contributed by atoms with van der Waals surface area (Å²) in [6, 6.07) is 8.13. The molecular weight excluding hydrogens is 264 g/mol. The lowest BCUT2D eigenvalue weighted by Gasteiger charge is -2.15. The van der Waals surface area contributed by atoms with Gasteiger partial charge >= 0.3 is 0 Å². The number of nitrogens with zero attached hydrogens (tertiary/aromatic N) is 2. The van der Waals surface area contributed by atoms with Crippen molar-refractivity contribution in [2.24, 2.45) is 7.05 Å². The molecule has 1 unspecified atom stereocenters. The van der Waals surface area contributed by atoms with Crippen LogP contribution in [0.25, 0.3) is 0 Å². The Morgan fingerprint density at radius 2 is 2.00 bits per heavy atom. The van der Waals surface area contributed by atoms with Crippen molar-refractivity contribution in [3.63, 3.8) is 0 Å². The van der Waals surface area contributed by atoms with Crippen LogP contribution in [0.15, 0.2) is 30.5 Å². The van der Waals surface area contributed by atoms with Crippen LogP contribution in [0.2, 0.25) is 0 Å². The fourth-order valence-electron chi connectivity index (χ4n) is 2.36. The van der Waals surface area contributed by atoms with Crippen LogP contribution in [0.5, 0.6) is 0 Å². The normalized spacial score (nSPS) is 12.0. The number of amides is 1. The zero-order valence-corrected chi connectivity index (χ0v) is 13.0. The molecule has 0 saturated carbocycles. The molecule has 1 heterocycles. The number of hydrogen-bond donors (Lipinski definition) is 2. The van der Waals surface area contributed by atoms with E-state index in [1.807, 2.05) is 49.1 Å². The zero-order valence-electron chi connectivity index (χ0n) is 13.0. The lowest BCUT2D eigenvalue weighted by Crippen LogP contribution is -2.19. The van der Waals surface area contributed by atoms with Crippen LogP contribution in [0.4, 0.5) is 5.69 Å². The zero-order chi connectivity index (χ0) is 15.4. The molecule has 0 bridgehead atoms. The van der Waals surface area contributed by atoms with E-state index in [1.165, 1.54) is 5.56 Å². The summed E-state index contributed by atoms with van der Waals surface area (Å²) >= 11 is 0. The van der Waals surface area contributed by atoms with E-state index in [1.54, 1.807) is 7.05 Å². The summed E-state index contributed by atoms with van der Waals surface area (Å²) in [5.41, 5.74) is 4.26. The van der Waals surface area contributed by atoms with E-state index in [0.29, 0.717) is 6.42 Å². The minimum Gasteiger partial charge on any atom is -0.378 e. The minimum atomic E-state index is 0.0232. The molecule has 0 aliphatic rings. The van der Waals surface area contributed by atoms with Crippen molar-refractivity contribution in [1.29, 1.82) is 0 Å². The lowest BCUT2D eigenvalue weighted by molar-refractivity contribution is -0.119. The van der Waals surface area contributed by atoms with Crippen LogP contribution in [0.1, 0.15) is 29.8 Å². The third-order valence-electron chi connectivity index (χ3n) is 3.50. The summed E-state index contributed by atoms with van der Waals surface area (Å²) in [6.07, 6.45) is 2.45. The quantitative estimate of drug-likeness (QED) is 0.886. The third-order valence-corrected chi connectivity index (χ3v) is 3.50. The van der Waals surface area contributed by atoms with Gasteiger partial charge in [0.05, 0.1) is 18.2 Å². The number of aromatic nitrogens is 2. The molecule has 1 atom stereocenters. The molecule has 1 aromatic carbocycles. The van der Waals surface area contributed by atoms with Crippen LogP contribution >= 0.6 is 0 Å². The van der Waals surface area contributed by atoms with E-state index in [0.717, 1.165) is 16.9 Å². The summed E-state index contributed by atoms with van der Waals surface area (Å²) in [4.78, 5) is 11.3. The van der Waals surface area contributed by atoms with Gasteiger partial charge in [-0.1, -0.05) is 12.1 Å². The first-order valence-electron chi connectivity index (χ1n) is 7.05. The molecule has 0 spiro atoms. The van der Waals surface area contributed by atoms with E-state index in [9.17, 15) is 4.79 Å². The van der Waals surface area contributed by atoms with Crippen LogP contribution in [-0.4, -0.2) is 22.7 Å². The van der Waals surface area contributed by atoms with Gasteiger partial charge < -0.3 is 10.6 Å². The number of carbonyl (C=O) groups excluding carboxylic acids is 1. The van der Waals surface area contributed by atoms with Gasteiger partial charge in [0.1, 0.15) is 0 Å². The summed E-state index contributed by atoms with van der Waals surface area (Å²) in [6.45, 7) is 4.13. The predicted molar refractivity (Wildman–Crippen MR) is 84.2 cm³/mol. The van der Waals surface area contributed by atoms with Gasteiger partial charge in [-0.15, -0.1) is 0 Å². The first-order chi connectivity index (χ1) is 9.99. The Morgan fingerprint density at radius 1 is 1.33 bits per heavy atom. The van der Waals surface area contributed by atoms with Crippen molar-refractivity contribution < 1.29 is 4.79 Å². The highest BCUT2D eigenvalue weighted by molar-refractivity contribution is 5.78. The molecule has 0 fully saturated rings. The van der Waals surface area contributed by atoms with E-state index in [4.69, 9.17) is 0 Å². The van der Waals surface area contributed by atoms with Gasteiger partial charge in [0.15, 0.2) is 0 Å². The smallest absolute Gasteiger partial charge is 0.224 e. The molecule has 5 nitrogen and oxygen atoms in total. The van der Waals surface area contributed by atoms with Crippen molar-refractivity contribution in [2.45, 2.75) is 26.3 Å². The molecule has 0 aliphatic carbocycles. The number of likely N-dealkylation sites (N-methyl/N-ethyl adjacent to an activating group) is 1. The SMILES string of the molecule is CNC(=O)Cc1ccc(NC(C)c2cn(C)nc2C)cc1. The second-order valence-electron chi connectivity index (χ2n) is 5.26. The average Bonchev–Trinajstić information content (AvgIpc) is 2.80. The van der Waals surface area contributed by atoms with E-state index in [-0.39, 0.29) is 11.9 Å². The first-order valence-corrected chi connectivity index (χ1v) is 7.05. The number of carbonyl (C=O) groups is 1. The molecule has 5 heteroatoms. The summed E-state index contributed by atoms with van der Waals surface area (Å²) < 4.78 is 1.83. The van der Waals surface area contributed by atoms with Crippen molar-refractivity contribution in [2.75, 3.05) is 12.4 Å². The maximum Gasteiger partial charge on any atom is 0.224 e. The number of benzene rings is 1.